The van der Waals surface area contributed by atoms with Gasteiger partial charge in [0.15, 0.2) is 0 Å². The van der Waals surface area contributed by atoms with Crippen LogP contribution in [0.4, 0.5) is 0 Å². The molecule has 22 heavy (non-hydrogen) atoms. The first kappa shape index (κ1) is 13.9. The van der Waals surface area contributed by atoms with E-state index in [4.69, 9.17) is 0 Å². The van der Waals surface area contributed by atoms with E-state index in [0.717, 1.165) is 0 Å². The zero-order valence-corrected chi connectivity index (χ0v) is 13.4. The summed E-state index contributed by atoms with van der Waals surface area (Å²) in [6.45, 7) is 4.45. The summed E-state index contributed by atoms with van der Waals surface area (Å²) >= 11 is 2.31. The van der Waals surface area contributed by atoms with Gasteiger partial charge in [-0.15, -0.1) is 0 Å². The predicted octanol–water partition coefficient (Wildman–Crippen LogP) is 5.44. The number of rotatable bonds is 1. The van der Waals surface area contributed by atoms with Crippen LogP contribution in [0, 0.1) is 6.92 Å². The van der Waals surface area contributed by atoms with E-state index in [1.54, 1.807) is 0 Å². The maximum atomic E-state index is 2.37. The summed E-state index contributed by atoms with van der Waals surface area (Å²) in [6, 6.07) is 20.0. The van der Waals surface area contributed by atoms with E-state index in [9.17, 15) is 0 Å². The van der Waals surface area contributed by atoms with Crippen molar-refractivity contribution in [2.75, 3.05) is 0 Å². The Morgan fingerprint density at radius 2 is 1.64 bits per heavy atom. The van der Waals surface area contributed by atoms with E-state index < -0.39 is 0 Å². The van der Waals surface area contributed by atoms with Crippen LogP contribution in [0.1, 0.15) is 28.2 Å². The first-order valence-electron chi connectivity index (χ1n) is 7.96. The molecule has 0 amide bonds. The molecule has 102 valence electrons. The van der Waals surface area contributed by atoms with E-state index in [1.807, 2.05) is 0 Å². The van der Waals surface area contributed by atoms with Crippen molar-refractivity contribution in [2.24, 2.45) is 0 Å². The van der Waals surface area contributed by atoms with Gasteiger partial charge in [0.1, 0.15) is 0 Å². The average Bonchev–Trinajstić information content (AvgIpc) is 2.82. The van der Waals surface area contributed by atoms with Crippen molar-refractivity contribution in [3.63, 3.8) is 0 Å². The van der Waals surface area contributed by atoms with Crippen LogP contribution >= 0.6 is 0 Å². The molecule has 1 unspecified atom stereocenters. The van der Waals surface area contributed by atoms with Crippen molar-refractivity contribution in [3.8, 4) is 11.1 Å². The standard InChI is InChI=1S/C21H17.Li/c1-14-10-17-11-15(2)13-21(20(17)12-14)19-9-5-7-16-6-3-4-8-18(16)19;/h3-13H,1-2H3;. The third kappa shape index (κ3) is 2.07. The summed E-state index contributed by atoms with van der Waals surface area (Å²) in [7, 11) is 0. The summed E-state index contributed by atoms with van der Waals surface area (Å²) in [5, 5.41) is 2.64. The van der Waals surface area contributed by atoms with Gasteiger partial charge in [-0.3, -0.25) is 0 Å². The molecule has 0 radical (unpaired) electrons. The molecule has 1 atom stereocenters. The Morgan fingerprint density at radius 3 is 2.50 bits per heavy atom. The molecule has 0 aliphatic heterocycles. The number of fused-ring (bicyclic) bond motifs is 2. The fraction of sp³-hybridized carbons (Fsp3) is 0.143. The number of hydrogen-bond donors (Lipinski definition) is 0. The van der Waals surface area contributed by atoms with Gasteiger partial charge in [0, 0.05) is 0 Å². The zero-order valence-electron chi connectivity index (χ0n) is 13.4. The molecule has 3 aromatic rings. The average molecular weight is 276 g/mol. The summed E-state index contributed by atoms with van der Waals surface area (Å²) in [5.74, 6) is 0. The van der Waals surface area contributed by atoms with Crippen LogP contribution in [0.15, 0.2) is 60.2 Å². The third-order valence-electron chi connectivity index (χ3n) is 4.96. The fourth-order valence-corrected chi connectivity index (χ4v) is 3.63. The second-order valence-corrected chi connectivity index (χ2v) is 6.45. The number of hydrogen-bond acceptors (Lipinski definition) is 0. The molecule has 0 nitrogen and oxygen atoms in total. The quantitative estimate of drug-likeness (QED) is 0.519. The Hall–Kier alpha value is -1.74. The van der Waals surface area contributed by atoms with E-state index >= 15 is 0 Å². The Morgan fingerprint density at radius 1 is 0.864 bits per heavy atom. The first-order valence-corrected chi connectivity index (χ1v) is 7.96. The summed E-state index contributed by atoms with van der Waals surface area (Å²) in [5.41, 5.74) is 8.40. The summed E-state index contributed by atoms with van der Waals surface area (Å²) < 4.78 is 0.531. The normalized spacial score (nSPS) is 16.7. The van der Waals surface area contributed by atoms with Gasteiger partial charge >= 0.3 is 141 Å². The molecular formula is C21H17Li. The molecule has 1 aliphatic rings. The molecule has 0 bridgehead atoms. The molecule has 1 heteroatoms. The SMILES string of the molecule is [Li][CH]1C(C)=Cc2c(-c3cccc4ccccc34)cc(C)cc21. The Balaban J connectivity index is 2.07. The molecule has 0 aromatic heterocycles. The van der Waals surface area contributed by atoms with E-state index in [1.165, 1.54) is 44.2 Å². The van der Waals surface area contributed by atoms with Crippen LogP contribution in [0.2, 0.25) is 0 Å². The van der Waals surface area contributed by atoms with Gasteiger partial charge in [-0.25, -0.2) is 0 Å². The second-order valence-electron chi connectivity index (χ2n) is 6.45. The Kier molecular flexibility index (Phi) is 3.26. The van der Waals surface area contributed by atoms with Crippen LogP contribution < -0.4 is 0 Å². The minimum atomic E-state index is 0.531. The minimum absolute atomic E-state index is 0.531. The van der Waals surface area contributed by atoms with E-state index in [2.05, 4.69) is 92.2 Å². The number of benzene rings is 3. The van der Waals surface area contributed by atoms with E-state index in [0.29, 0.717) is 4.59 Å². The van der Waals surface area contributed by atoms with Crippen molar-refractivity contribution < 1.29 is 0 Å². The number of allylic oxidation sites excluding steroid dienone is 1. The van der Waals surface area contributed by atoms with Gasteiger partial charge in [-0.05, 0) is 0 Å². The van der Waals surface area contributed by atoms with Crippen molar-refractivity contribution in [3.05, 3.63) is 76.9 Å². The molecule has 0 N–H and O–H groups in total. The molecule has 0 heterocycles. The Bertz CT molecular complexity index is 913. The van der Waals surface area contributed by atoms with Crippen molar-refractivity contribution in [1.29, 1.82) is 0 Å². The van der Waals surface area contributed by atoms with E-state index in [-0.39, 0.29) is 0 Å². The predicted molar refractivity (Wildman–Crippen MR) is 96.3 cm³/mol. The number of aryl methyl sites for hydroxylation is 1. The molecule has 1 aliphatic carbocycles. The van der Waals surface area contributed by atoms with Crippen LogP contribution in [0.5, 0.6) is 0 Å². The van der Waals surface area contributed by atoms with Crippen LogP contribution in [-0.4, -0.2) is 17.7 Å². The molecular weight excluding hydrogens is 259 g/mol. The van der Waals surface area contributed by atoms with Gasteiger partial charge in [-0.1, -0.05) is 0 Å². The molecule has 3 aromatic carbocycles. The molecule has 0 spiro atoms. The van der Waals surface area contributed by atoms with Crippen LogP contribution in [0.3, 0.4) is 0 Å². The zero-order chi connectivity index (χ0) is 15.3. The molecule has 0 saturated heterocycles. The second kappa shape index (κ2) is 5.16. The first-order chi connectivity index (χ1) is 10.6. The molecule has 0 fully saturated rings. The molecule has 4 rings (SSSR count). The van der Waals surface area contributed by atoms with Gasteiger partial charge in [-0.2, -0.15) is 0 Å². The van der Waals surface area contributed by atoms with Gasteiger partial charge < -0.3 is 0 Å². The Labute approximate surface area is 141 Å². The van der Waals surface area contributed by atoms with Gasteiger partial charge in [0.2, 0.25) is 0 Å². The van der Waals surface area contributed by atoms with Gasteiger partial charge in [0.05, 0.1) is 0 Å². The van der Waals surface area contributed by atoms with Crippen LogP contribution in [0.25, 0.3) is 28.0 Å². The summed E-state index contributed by atoms with van der Waals surface area (Å²) in [6.07, 6.45) is 2.37. The summed E-state index contributed by atoms with van der Waals surface area (Å²) in [4.78, 5) is 0. The third-order valence-corrected chi connectivity index (χ3v) is 4.96. The van der Waals surface area contributed by atoms with Crippen molar-refractivity contribution >= 4 is 34.6 Å². The van der Waals surface area contributed by atoms with Crippen molar-refractivity contribution in [1.82, 2.24) is 0 Å². The fourth-order valence-electron chi connectivity index (χ4n) is 3.63. The monoisotopic (exact) mass is 276 g/mol. The van der Waals surface area contributed by atoms with Crippen molar-refractivity contribution in [2.45, 2.75) is 18.4 Å². The topological polar surface area (TPSA) is 0 Å². The molecule has 0 saturated carbocycles. The van der Waals surface area contributed by atoms with Crippen LogP contribution in [-0.2, 0) is 0 Å². The maximum absolute atomic E-state index is 2.37. The van der Waals surface area contributed by atoms with Gasteiger partial charge in [0.25, 0.3) is 0 Å².